The number of anilines is 1. The zero-order valence-electron chi connectivity index (χ0n) is 12.6. The summed E-state index contributed by atoms with van der Waals surface area (Å²) >= 11 is 0. The van der Waals surface area contributed by atoms with Crippen LogP contribution in [0.1, 0.15) is 36.5 Å². The first kappa shape index (κ1) is 14.4. The lowest BCUT2D eigenvalue weighted by Gasteiger charge is -2.12. The van der Waals surface area contributed by atoms with Crippen LogP contribution in [0, 0.1) is 6.92 Å². The first-order valence-electron chi connectivity index (χ1n) is 6.96. The van der Waals surface area contributed by atoms with Gasteiger partial charge in [-0.1, -0.05) is 26.0 Å². The topological polar surface area (TPSA) is 34.1 Å². The van der Waals surface area contributed by atoms with Gasteiger partial charge in [0.1, 0.15) is 18.2 Å². The molecule has 0 saturated heterocycles. The van der Waals surface area contributed by atoms with Crippen molar-refractivity contribution in [1.82, 2.24) is 4.98 Å². The molecule has 3 nitrogen and oxygen atoms in total. The van der Waals surface area contributed by atoms with Gasteiger partial charge in [0, 0.05) is 18.8 Å². The zero-order chi connectivity index (χ0) is 14.5. The van der Waals surface area contributed by atoms with Gasteiger partial charge in [-0.25, -0.2) is 4.98 Å². The molecule has 0 atom stereocenters. The van der Waals surface area contributed by atoms with E-state index < -0.39 is 0 Å². The van der Waals surface area contributed by atoms with Crippen molar-refractivity contribution < 1.29 is 4.74 Å². The van der Waals surface area contributed by atoms with Crippen LogP contribution in [-0.4, -0.2) is 12.0 Å². The lowest BCUT2D eigenvalue weighted by molar-refractivity contribution is 0.305. The van der Waals surface area contributed by atoms with Gasteiger partial charge in [-0.15, -0.1) is 0 Å². The molecule has 0 bridgehead atoms. The minimum Gasteiger partial charge on any atom is -0.489 e. The van der Waals surface area contributed by atoms with Gasteiger partial charge < -0.3 is 10.1 Å². The Morgan fingerprint density at radius 3 is 2.55 bits per heavy atom. The molecule has 0 aliphatic heterocycles. The zero-order valence-corrected chi connectivity index (χ0v) is 12.6. The van der Waals surface area contributed by atoms with Crippen molar-refractivity contribution in [3.8, 4) is 5.75 Å². The average molecular weight is 270 g/mol. The summed E-state index contributed by atoms with van der Waals surface area (Å²) in [5, 5.41) is 3.00. The van der Waals surface area contributed by atoms with Crippen molar-refractivity contribution in [3.05, 3.63) is 53.2 Å². The molecule has 0 fully saturated rings. The second-order valence-electron chi connectivity index (χ2n) is 5.26. The predicted molar refractivity (Wildman–Crippen MR) is 83.4 cm³/mol. The van der Waals surface area contributed by atoms with E-state index in [1.54, 1.807) is 0 Å². The number of ether oxygens (including phenoxy) is 1. The van der Waals surface area contributed by atoms with Crippen molar-refractivity contribution in [2.45, 2.75) is 33.3 Å². The summed E-state index contributed by atoms with van der Waals surface area (Å²) < 4.78 is 5.82. The Kier molecular flexibility index (Phi) is 4.61. The maximum absolute atomic E-state index is 5.82. The molecule has 2 aromatic rings. The lowest BCUT2D eigenvalue weighted by Crippen LogP contribution is -1.99. The maximum Gasteiger partial charge on any atom is 0.125 e. The Hall–Kier alpha value is -2.03. The minimum absolute atomic E-state index is 0.539. The van der Waals surface area contributed by atoms with E-state index in [0.717, 1.165) is 17.1 Å². The van der Waals surface area contributed by atoms with Crippen molar-refractivity contribution in [1.29, 1.82) is 0 Å². The molecule has 0 aliphatic rings. The van der Waals surface area contributed by atoms with Gasteiger partial charge in [-0.2, -0.15) is 0 Å². The molecule has 1 aromatic heterocycles. The fourth-order valence-corrected chi connectivity index (χ4v) is 2.21. The predicted octanol–water partition coefficient (Wildman–Crippen LogP) is 4.13. The van der Waals surface area contributed by atoms with E-state index in [1.165, 1.54) is 11.1 Å². The second kappa shape index (κ2) is 6.42. The summed E-state index contributed by atoms with van der Waals surface area (Å²) in [5.74, 6) is 2.32. The Morgan fingerprint density at radius 2 is 2.00 bits per heavy atom. The highest BCUT2D eigenvalue weighted by atomic mass is 16.5. The van der Waals surface area contributed by atoms with Crippen LogP contribution in [0.4, 0.5) is 5.82 Å². The van der Waals surface area contributed by atoms with Crippen LogP contribution in [0.5, 0.6) is 5.75 Å². The van der Waals surface area contributed by atoms with Crippen molar-refractivity contribution >= 4 is 5.82 Å². The number of rotatable bonds is 5. The minimum atomic E-state index is 0.539. The molecule has 1 heterocycles. The number of hydrogen-bond acceptors (Lipinski definition) is 3. The van der Waals surface area contributed by atoms with Gasteiger partial charge in [0.25, 0.3) is 0 Å². The van der Waals surface area contributed by atoms with E-state index in [9.17, 15) is 0 Å². The molecule has 0 unspecified atom stereocenters. The normalized spacial score (nSPS) is 10.7. The second-order valence-corrected chi connectivity index (χ2v) is 5.26. The van der Waals surface area contributed by atoms with Crippen LogP contribution in [0.3, 0.4) is 0 Å². The van der Waals surface area contributed by atoms with Crippen LogP contribution >= 0.6 is 0 Å². The molecule has 106 valence electrons. The highest BCUT2D eigenvalue weighted by Crippen LogP contribution is 2.24. The molecule has 0 saturated carbocycles. The van der Waals surface area contributed by atoms with Crippen LogP contribution in [0.25, 0.3) is 0 Å². The summed E-state index contributed by atoms with van der Waals surface area (Å²) in [4.78, 5) is 4.27. The number of benzene rings is 1. The molecule has 20 heavy (non-hydrogen) atoms. The number of nitrogens with zero attached hydrogens (tertiary/aromatic N) is 1. The molecule has 2 rings (SSSR count). The summed E-state index contributed by atoms with van der Waals surface area (Å²) in [6.07, 6.45) is 1.83. The Bertz CT molecular complexity index is 562. The molecule has 1 N–H and O–H groups in total. The smallest absolute Gasteiger partial charge is 0.125 e. The molecule has 0 radical (unpaired) electrons. The number of aromatic nitrogens is 1. The number of aryl methyl sites for hydroxylation is 1. The molecule has 0 aliphatic carbocycles. The van der Waals surface area contributed by atoms with Crippen LogP contribution in [0.2, 0.25) is 0 Å². The third-order valence-electron chi connectivity index (χ3n) is 3.35. The van der Waals surface area contributed by atoms with E-state index in [4.69, 9.17) is 4.74 Å². The SMILES string of the molecule is CNc1ccc(COc2ccc(C(C)C)c(C)c2)cn1. The molecule has 0 amide bonds. The third-order valence-corrected chi connectivity index (χ3v) is 3.35. The van der Waals surface area contributed by atoms with E-state index in [1.807, 2.05) is 31.4 Å². The van der Waals surface area contributed by atoms with Crippen LogP contribution in [0.15, 0.2) is 36.5 Å². The first-order chi connectivity index (χ1) is 9.60. The van der Waals surface area contributed by atoms with E-state index in [-0.39, 0.29) is 0 Å². The van der Waals surface area contributed by atoms with E-state index in [2.05, 4.69) is 43.2 Å². The van der Waals surface area contributed by atoms with Gasteiger partial charge in [0.15, 0.2) is 0 Å². The van der Waals surface area contributed by atoms with E-state index in [0.29, 0.717) is 12.5 Å². The number of hydrogen-bond donors (Lipinski definition) is 1. The van der Waals surface area contributed by atoms with Crippen molar-refractivity contribution in [3.63, 3.8) is 0 Å². The molecule has 3 heteroatoms. The quantitative estimate of drug-likeness (QED) is 0.887. The third kappa shape index (κ3) is 3.50. The van der Waals surface area contributed by atoms with Crippen molar-refractivity contribution in [2.75, 3.05) is 12.4 Å². The number of pyridine rings is 1. The van der Waals surface area contributed by atoms with Gasteiger partial charge in [-0.05, 0) is 42.2 Å². The summed E-state index contributed by atoms with van der Waals surface area (Å²) in [7, 11) is 1.86. The highest BCUT2D eigenvalue weighted by Gasteiger charge is 2.05. The molecule has 0 spiro atoms. The van der Waals surface area contributed by atoms with Gasteiger partial charge in [0.2, 0.25) is 0 Å². The van der Waals surface area contributed by atoms with Gasteiger partial charge in [-0.3, -0.25) is 0 Å². The summed E-state index contributed by atoms with van der Waals surface area (Å²) in [6, 6.07) is 10.3. The van der Waals surface area contributed by atoms with Crippen molar-refractivity contribution in [2.24, 2.45) is 0 Å². The maximum atomic E-state index is 5.82. The Morgan fingerprint density at radius 1 is 1.20 bits per heavy atom. The molecule has 1 aromatic carbocycles. The number of nitrogens with one attached hydrogen (secondary N) is 1. The molecular formula is C17H22N2O. The Balaban J connectivity index is 2.01. The molecular weight excluding hydrogens is 248 g/mol. The van der Waals surface area contributed by atoms with Crippen LogP contribution < -0.4 is 10.1 Å². The van der Waals surface area contributed by atoms with Crippen LogP contribution in [-0.2, 0) is 6.61 Å². The Labute approximate surface area is 121 Å². The summed E-state index contributed by atoms with van der Waals surface area (Å²) in [5.41, 5.74) is 3.72. The van der Waals surface area contributed by atoms with E-state index >= 15 is 0 Å². The summed E-state index contributed by atoms with van der Waals surface area (Å²) in [6.45, 7) is 7.08. The fraction of sp³-hybridized carbons (Fsp3) is 0.353. The standard InChI is InChI=1S/C17H22N2O/c1-12(2)16-7-6-15(9-13(16)3)20-11-14-5-8-17(18-4)19-10-14/h5-10,12H,11H2,1-4H3,(H,18,19). The first-order valence-corrected chi connectivity index (χ1v) is 6.96. The fourth-order valence-electron chi connectivity index (χ4n) is 2.21. The van der Waals surface area contributed by atoms with Gasteiger partial charge >= 0.3 is 0 Å². The lowest BCUT2D eigenvalue weighted by atomic mass is 9.98. The monoisotopic (exact) mass is 270 g/mol. The van der Waals surface area contributed by atoms with Gasteiger partial charge in [0.05, 0.1) is 0 Å². The average Bonchev–Trinajstić information content (AvgIpc) is 2.45. The highest BCUT2D eigenvalue weighted by molar-refractivity contribution is 5.37. The largest absolute Gasteiger partial charge is 0.489 e.